The van der Waals surface area contributed by atoms with Crippen LogP contribution in [-0.4, -0.2) is 12.1 Å². The summed E-state index contributed by atoms with van der Waals surface area (Å²) >= 11 is 0. The highest BCUT2D eigenvalue weighted by Crippen LogP contribution is 2.07. The Kier molecular flexibility index (Phi) is 1.92. The molecule has 1 aliphatic rings. The highest BCUT2D eigenvalue weighted by atomic mass is 16.1. The maximum absolute atomic E-state index is 11.4. The van der Waals surface area contributed by atoms with Gasteiger partial charge in [0.05, 0.1) is 0 Å². The van der Waals surface area contributed by atoms with E-state index in [0.717, 1.165) is 5.56 Å². The normalized spacial score (nSPS) is 16.8. The average molecular weight is 172 g/mol. The minimum Gasteiger partial charge on any atom is -0.327 e. The molecule has 1 amide bonds. The molecule has 3 heteroatoms. The Morgan fingerprint density at radius 3 is 3.00 bits per heavy atom. The second-order valence-corrected chi connectivity index (χ2v) is 2.65. The number of nitrogens with zero attached hydrogens (tertiary/aromatic N) is 1. The van der Waals surface area contributed by atoms with E-state index < -0.39 is 0 Å². The van der Waals surface area contributed by atoms with Crippen molar-refractivity contribution in [2.75, 3.05) is 0 Å². The van der Waals surface area contributed by atoms with E-state index in [1.165, 1.54) is 6.20 Å². The summed E-state index contributed by atoms with van der Waals surface area (Å²) in [6.45, 7) is 0. The van der Waals surface area contributed by atoms with Gasteiger partial charge in [-0.15, -0.1) is 0 Å². The lowest BCUT2D eigenvalue weighted by atomic mass is 10.1. The van der Waals surface area contributed by atoms with E-state index in [2.05, 4.69) is 10.3 Å². The lowest BCUT2D eigenvalue weighted by Gasteiger charge is -2.05. The van der Waals surface area contributed by atoms with Gasteiger partial charge in [0.25, 0.3) is 5.91 Å². The van der Waals surface area contributed by atoms with Crippen molar-refractivity contribution in [3.63, 3.8) is 0 Å². The fourth-order valence-electron chi connectivity index (χ4n) is 1.17. The first-order valence-corrected chi connectivity index (χ1v) is 3.96. The summed E-state index contributed by atoms with van der Waals surface area (Å²) in [7, 11) is 0. The molecule has 1 aromatic carbocycles. The number of nitrogens with one attached hydrogen (secondary N) is 1. The van der Waals surface area contributed by atoms with Crippen LogP contribution in [-0.2, 0) is 0 Å². The Morgan fingerprint density at radius 2 is 2.08 bits per heavy atom. The van der Waals surface area contributed by atoms with Gasteiger partial charge in [-0.25, -0.2) is 0 Å². The topological polar surface area (TPSA) is 41.5 Å². The summed E-state index contributed by atoms with van der Waals surface area (Å²) in [5.74, 6) is -0.0991. The molecule has 64 valence electrons. The fourth-order valence-corrected chi connectivity index (χ4v) is 1.17. The van der Waals surface area contributed by atoms with Gasteiger partial charge in [-0.05, 0) is 6.07 Å². The molecule has 2 rings (SSSR count). The maximum atomic E-state index is 11.4. The Bertz CT molecular complexity index is 394. The van der Waals surface area contributed by atoms with Crippen molar-refractivity contribution in [3.05, 3.63) is 47.8 Å². The lowest BCUT2D eigenvalue weighted by Crippen LogP contribution is -2.19. The van der Waals surface area contributed by atoms with Crippen molar-refractivity contribution in [2.45, 2.75) is 0 Å². The third kappa shape index (κ3) is 1.49. The van der Waals surface area contributed by atoms with Crippen molar-refractivity contribution in [1.82, 2.24) is 5.32 Å². The third-order valence-electron chi connectivity index (χ3n) is 1.79. The zero-order valence-electron chi connectivity index (χ0n) is 6.90. The van der Waals surface area contributed by atoms with Crippen LogP contribution >= 0.6 is 0 Å². The molecule has 0 radical (unpaired) electrons. The SMILES string of the molecule is O=C1N/C=C\N=Cc2ccccc21. The van der Waals surface area contributed by atoms with Crippen LogP contribution in [0.2, 0.25) is 0 Å². The van der Waals surface area contributed by atoms with Crippen LogP contribution in [0.15, 0.2) is 41.7 Å². The number of amides is 1. The molecule has 1 heterocycles. The third-order valence-corrected chi connectivity index (χ3v) is 1.79. The smallest absolute Gasteiger partial charge is 0.255 e. The molecule has 0 unspecified atom stereocenters. The zero-order valence-corrected chi connectivity index (χ0v) is 6.90. The number of benzene rings is 1. The van der Waals surface area contributed by atoms with E-state index in [0.29, 0.717) is 5.56 Å². The summed E-state index contributed by atoms with van der Waals surface area (Å²) in [5.41, 5.74) is 1.49. The quantitative estimate of drug-likeness (QED) is 0.630. The lowest BCUT2D eigenvalue weighted by molar-refractivity contribution is 0.0970. The molecule has 1 N–H and O–H groups in total. The van der Waals surface area contributed by atoms with Crippen molar-refractivity contribution in [1.29, 1.82) is 0 Å². The fraction of sp³-hybridized carbons (Fsp3) is 0. The number of carbonyl (C=O) groups excluding carboxylic acids is 1. The highest BCUT2D eigenvalue weighted by molar-refractivity contribution is 6.03. The minimum atomic E-state index is -0.0991. The summed E-state index contributed by atoms with van der Waals surface area (Å²) in [4.78, 5) is 15.4. The van der Waals surface area contributed by atoms with E-state index in [4.69, 9.17) is 0 Å². The molecular formula is C10H8N2O. The van der Waals surface area contributed by atoms with Crippen LogP contribution in [0.4, 0.5) is 0 Å². The van der Waals surface area contributed by atoms with Crippen molar-refractivity contribution < 1.29 is 4.79 Å². The summed E-state index contributed by atoms with van der Waals surface area (Å²) in [6, 6.07) is 7.34. The molecule has 0 fully saturated rings. The molecule has 3 nitrogen and oxygen atoms in total. The van der Waals surface area contributed by atoms with Crippen molar-refractivity contribution in [3.8, 4) is 0 Å². The molecule has 0 saturated carbocycles. The van der Waals surface area contributed by atoms with Gasteiger partial charge in [0.2, 0.25) is 0 Å². The number of carbonyl (C=O) groups is 1. The van der Waals surface area contributed by atoms with Crippen LogP contribution in [0.25, 0.3) is 0 Å². The van der Waals surface area contributed by atoms with Gasteiger partial charge in [-0.1, -0.05) is 18.2 Å². The molecule has 1 aromatic rings. The molecule has 0 aromatic heterocycles. The predicted molar refractivity (Wildman–Crippen MR) is 50.6 cm³/mol. The van der Waals surface area contributed by atoms with Gasteiger partial charge in [-0.2, -0.15) is 0 Å². The number of hydrogen-bond acceptors (Lipinski definition) is 2. The Balaban J connectivity index is 2.55. The first-order valence-electron chi connectivity index (χ1n) is 3.96. The second kappa shape index (κ2) is 3.23. The number of aliphatic imine (C=N–C) groups is 1. The molecule has 1 aliphatic heterocycles. The predicted octanol–water partition coefficient (Wildman–Crippen LogP) is 1.32. The molecule has 0 spiro atoms. The number of hydrogen-bond donors (Lipinski definition) is 1. The summed E-state index contributed by atoms with van der Waals surface area (Å²) < 4.78 is 0. The van der Waals surface area contributed by atoms with E-state index in [-0.39, 0.29) is 5.91 Å². The molecule has 13 heavy (non-hydrogen) atoms. The molecule has 0 atom stereocenters. The van der Waals surface area contributed by atoms with E-state index in [9.17, 15) is 4.79 Å². The largest absolute Gasteiger partial charge is 0.327 e. The Hall–Kier alpha value is -1.90. The van der Waals surface area contributed by atoms with Crippen LogP contribution < -0.4 is 5.32 Å². The van der Waals surface area contributed by atoms with Gasteiger partial charge in [0, 0.05) is 29.7 Å². The number of fused-ring (bicyclic) bond motifs is 1. The molecular weight excluding hydrogens is 164 g/mol. The standard InChI is InChI=1S/C10H8N2O/c13-10-9-4-2-1-3-8(9)7-11-5-6-12-10/h1-7H,(H,12,13). The van der Waals surface area contributed by atoms with E-state index in [1.54, 1.807) is 18.5 Å². The van der Waals surface area contributed by atoms with Gasteiger partial charge in [0.15, 0.2) is 0 Å². The van der Waals surface area contributed by atoms with E-state index >= 15 is 0 Å². The van der Waals surface area contributed by atoms with Crippen LogP contribution in [0.1, 0.15) is 15.9 Å². The Morgan fingerprint density at radius 1 is 1.23 bits per heavy atom. The van der Waals surface area contributed by atoms with Crippen LogP contribution in [0.3, 0.4) is 0 Å². The van der Waals surface area contributed by atoms with Crippen LogP contribution in [0, 0.1) is 0 Å². The summed E-state index contributed by atoms with van der Waals surface area (Å²) in [5, 5.41) is 2.61. The van der Waals surface area contributed by atoms with Gasteiger partial charge >= 0.3 is 0 Å². The number of rotatable bonds is 0. The second-order valence-electron chi connectivity index (χ2n) is 2.65. The minimum absolute atomic E-state index is 0.0991. The first kappa shape index (κ1) is 7.73. The maximum Gasteiger partial charge on any atom is 0.255 e. The molecule has 0 bridgehead atoms. The van der Waals surface area contributed by atoms with Gasteiger partial charge < -0.3 is 5.32 Å². The van der Waals surface area contributed by atoms with Gasteiger partial charge in [-0.3, -0.25) is 9.79 Å². The zero-order chi connectivity index (χ0) is 9.10. The first-order chi connectivity index (χ1) is 6.38. The van der Waals surface area contributed by atoms with Crippen molar-refractivity contribution in [2.24, 2.45) is 4.99 Å². The van der Waals surface area contributed by atoms with Gasteiger partial charge in [0.1, 0.15) is 0 Å². The van der Waals surface area contributed by atoms with Crippen LogP contribution in [0.5, 0.6) is 0 Å². The average Bonchev–Trinajstić information content (AvgIpc) is 2.14. The van der Waals surface area contributed by atoms with E-state index in [1.807, 2.05) is 18.2 Å². The summed E-state index contributed by atoms with van der Waals surface area (Å²) in [6.07, 6.45) is 4.74. The molecule has 0 aliphatic carbocycles. The Labute approximate surface area is 75.8 Å². The molecule has 0 saturated heterocycles. The monoisotopic (exact) mass is 172 g/mol. The van der Waals surface area contributed by atoms with Crippen molar-refractivity contribution >= 4 is 12.1 Å². The highest BCUT2D eigenvalue weighted by Gasteiger charge is 2.08.